The van der Waals surface area contributed by atoms with Crippen LogP contribution in [-0.4, -0.2) is 47.0 Å². The molecule has 0 saturated carbocycles. The van der Waals surface area contributed by atoms with Crippen molar-refractivity contribution in [1.29, 1.82) is 0 Å². The van der Waals surface area contributed by atoms with E-state index in [2.05, 4.69) is 43.3 Å². The summed E-state index contributed by atoms with van der Waals surface area (Å²) in [6, 6.07) is 16.2. The second kappa shape index (κ2) is 7.41. The number of benzene rings is 2. The Kier molecular flexibility index (Phi) is 5.57. The minimum absolute atomic E-state index is 0.237. The summed E-state index contributed by atoms with van der Waals surface area (Å²) < 4.78 is 7.35. The predicted octanol–water partition coefficient (Wildman–Crippen LogP) is 1.19. The Bertz CT molecular complexity index is 608. The Balaban J connectivity index is 2.16. The quantitative estimate of drug-likeness (QED) is 0.601. The van der Waals surface area contributed by atoms with Gasteiger partial charge in [-0.25, -0.2) is 0 Å². The van der Waals surface area contributed by atoms with Crippen LogP contribution in [0.15, 0.2) is 48.5 Å². The molecule has 0 atom stereocenters. The number of carbonyl (C=O) groups excluding carboxylic acids is 1. The zero-order chi connectivity index (χ0) is 15.2. The molecule has 0 bridgehead atoms. The maximum absolute atomic E-state index is 11.4. The van der Waals surface area contributed by atoms with E-state index in [1.165, 1.54) is 21.6 Å². The predicted molar refractivity (Wildman–Crippen MR) is 86.6 cm³/mol. The van der Waals surface area contributed by atoms with Crippen LogP contribution >= 0.6 is 0 Å². The summed E-state index contributed by atoms with van der Waals surface area (Å²) in [5.74, 6) is -0.290. The van der Waals surface area contributed by atoms with E-state index in [-0.39, 0.29) is 20.9 Å². The Morgan fingerprint density at radius 1 is 1.10 bits per heavy atom. The molecule has 0 spiro atoms. The third-order valence-electron chi connectivity index (χ3n) is 2.96. The monoisotopic (exact) mass is 349 g/mol. The first-order valence-corrected chi connectivity index (χ1v) is 8.40. The molecule has 2 aromatic carbocycles. The van der Waals surface area contributed by atoms with Gasteiger partial charge in [0.15, 0.2) is 0 Å². The SMILES string of the molecule is COC(=O)c1ccc([Se]c2ccccc2CN(C)C)cc1. The van der Waals surface area contributed by atoms with Gasteiger partial charge in [-0.1, -0.05) is 0 Å². The molecule has 0 saturated heterocycles. The third-order valence-corrected chi connectivity index (χ3v) is 5.32. The van der Waals surface area contributed by atoms with E-state index in [4.69, 9.17) is 4.74 Å². The molecule has 2 aromatic rings. The first-order valence-electron chi connectivity index (χ1n) is 6.69. The second-order valence-electron chi connectivity index (χ2n) is 4.96. The molecule has 3 nitrogen and oxygen atoms in total. The Morgan fingerprint density at radius 2 is 1.76 bits per heavy atom. The number of nitrogens with zero attached hydrogens (tertiary/aromatic N) is 1. The number of rotatable bonds is 5. The molecule has 0 aromatic heterocycles. The molecule has 21 heavy (non-hydrogen) atoms. The van der Waals surface area contributed by atoms with Gasteiger partial charge in [-0.15, -0.1) is 0 Å². The number of hydrogen-bond acceptors (Lipinski definition) is 3. The molecule has 0 aliphatic carbocycles. The molecular weight excluding hydrogens is 329 g/mol. The Morgan fingerprint density at radius 3 is 2.38 bits per heavy atom. The van der Waals surface area contributed by atoms with E-state index in [1.54, 1.807) is 0 Å². The van der Waals surface area contributed by atoms with Crippen LogP contribution in [-0.2, 0) is 11.3 Å². The summed E-state index contributed by atoms with van der Waals surface area (Å²) in [6.45, 7) is 0.943. The summed E-state index contributed by atoms with van der Waals surface area (Å²) in [4.78, 5) is 13.6. The van der Waals surface area contributed by atoms with Crippen LogP contribution in [0.3, 0.4) is 0 Å². The standard InChI is InChI=1S/C17H19NO2Se/c1-18(2)12-14-6-4-5-7-16(14)21-15-10-8-13(9-11-15)17(19)20-3/h4-11H,12H2,1-3H3. The van der Waals surface area contributed by atoms with Gasteiger partial charge in [0, 0.05) is 0 Å². The van der Waals surface area contributed by atoms with Crippen molar-refractivity contribution < 1.29 is 9.53 Å². The van der Waals surface area contributed by atoms with Gasteiger partial charge in [-0.3, -0.25) is 0 Å². The van der Waals surface area contributed by atoms with Crippen LogP contribution < -0.4 is 8.92 Å². The molecule has 2 rings (SSSR count). The van der Waals surface area contributed by atoms with E-state index in [0.29, 0.717) is 5.56 Å². The van der Waals surface area contributed by atoms with Crippen molar-refractivity contribution in [3.63, 3.8) is 0 Å². The van der Waals surface area contributed by atoms with Gasteiger partial charge in [0.05, 0.1) is 0 Å². The van der Waals surface area contributed by atoms with E-state index in [0.717, 1.165) is 6.54 Å². The first-order chi connectivity index (χ1) is 10.1. The average Bonchev–Trinajstić information content (AvgIpc) is 2.49. The van der Waals surface area contributed by atoms with E-state index < -0.39 is 0 Å². The Labute approximate surface area is 132 Å². The van der Waals surface area contributed by atoms with Crippen molar-refractivity contribution in [2.75, 3.05) is 21.2 Å². The van der Waals surface area contributed by atoms with Gasteiger partial charge in [0.25, 0.3) is 0 Å². The van der Waals surface area contributed by atoms with Gasteiger partial charge < -0.3 is 0 Å². The molecule has 110 valence electrons. The summed E-state index contributed by atoms with van der Waals surface area (Å²) in [6.07, 6.45) is 0. The van der Waals surface area contributed by atoms with Crippen LogP contribution in [0.25, 0.3) is 0 Å². The maximum atomic E-state index is 11.4. The minimum atomic E-state index is -0.290. The molecule has 0 heterocycles. The first kappa shape index (κ1) is 15.8. The van der Waals surface area contributed by atoms with Gasteiger partial charge in [0.1, 0.15) is 0 Å². The summed E-state index contributed by atoms with van der Waals surface area (Å²) in [5, 5.41) is 0. The number of hydrogen-bond donors (Lipinski definition) is 0. The molecule has 0 amide bonds. The van der Waals surface area contributed by atoms with Gasteiger partial charge in [-0.05, 0) is 0 Å². The topological polar surface area (TPSA) is 29.5 Å². The normalized spacial score (nSPS) is 10.7. The fourth-order valence-corrected chi connectivity index (χ4v) is 3.94. The van der Waals surface area contributed by atoms with Crippen LogP contribution in [0.1, 0.15) is 15.9 Å². The molecule has 4 heteroatoms. The molecule has 0 unspecified atom stereocenters. The number of methoxy groups -OCH3 is 1. The summed E-state index contributed by atoms with van der Waals surface area (Å²) in [7, 11) is 5.56. The molecule has 0 N–H and O–H groups in total. The van der Waals surface area contributed by atoms with Crippen molar-refractivity contribution in [2.45, 2.75) is 6.54 Å². The summed E-state index contributed by atoms with van der Waals surface area (Å²) >= 11 is 0.237. The van der Waals surface area contributed by atoms with E-state index in [1.807, 2.05) is 24.3 Å². The van der Waals surface area contributed by atoms with Crippen LogP contribution in [0, 0.1) is 0 Å². The van der Waals surface area contributed by atoms with Crippen molar-refractivity contribution in [3.8, 4) is 0 Å². The van der Waals surface area contributed by atoms with Crippen molar-refractivity contribution >= 4 is 29.8 Å². The average molecular weight is 348 g/mol. The zero-order valence-electron chi connectivity index (χ0n) is 12.5. The fraction of sp³-hybridized carbons (Fsp3) is 0.235. The molecule has 0 radical (unpaired) electrons. The number of esters is 1. The van der Waals surface area contributed by atoms with Gasteiger partial charge in [-0.2, -0.15) is 0 Å². The van der Waals surface area contributed by atoms with Crippen molar-refractivity contribution in [2.24, 2.45) is 0 Å². The zero-order valence-corrected chi connectivity index (χ0v) is 14.2. The van der Waals surface area contributed by atoms with E-state index >= 15 is 0 Å². The second-order valence-corrected chi connectivity index (χ2v) is 7.30. The van der Waals surface area contributed by atoms with Crippen molar-refractivity contribution in [3.05, 3.63) is 59.7 Å². The molecule has 0 fully saturated rings. The fourth-order valence-electron chi connectivity index (χ4n) is 1.98. The third kappa shape index (κ3) is 4.43. The molecule has 0 aliphatic rings. The Hall–Kier alpha value is -1.61. The van der Waals surface area contributed by atoms with Crippen LogP contribution in [0.4, 0.5) is 0 Å². The van der Waals surface area contributed by atoms with Crippen LogP contribution in [0.2, 0.25) is 0 Å². The van der Waals surface area contributed by atoms with E-state index in [9.17, 15) is 4.79 Å². The number of carbonyl (C=O) groups is 1. The molecule has 0 aliphatic heterocycles. The molecular formula is C17H19NO2Se. The van der Waals surface area contributed by atoms with Crippen molar-refractivity contribution in [1.82, 2.24) is 4.90 Å². The van der Waals surface area contributed by atoms with Gasteiger partial charge in [0.2, 0.25) is 0 Å². The van der Waals surface area contributed by atoms with Gasteiger partial charge >= 0.3 is 132 Å². The summed E-state index contributed by atoms with van der Waals surface area (Å²) in [5.41, 5.74) is 1.96. The van der Waals surface area contributed by atoms with Crippen LogP contribution in [0.5, 0.6) is 0 Å². The number of ether oxygens (including phenoxy) is 1.